The van der Waals surface area contributed by atoms with Crippen LogP contribution in [0.1, 0.15) is 60.8 Å². The third-order valence-corrected chi connectivity index (χ3v) is 0.957. The lowest BCUT2D eigenvalue weighted by Gasteiger charge is -1.81. The first kappa shape index (κ1) is 23.1. The highest BCUT2D eigenvalue weighted by Crippen LogP contribution is 1.88. The fraction of sp³-hybridized carbons (Fsp3) is 1.00. The van der Waals surface area contributed by atoms with E-state index in [2.05, 4.69) is 24.7 Å². The summed E-state index contributed by atoms with van der Waals surface area (Å²) >= 11 is 0. The van der Waals surface area contributed by atoms with Crippen molar-refractivity contribution in [2.45, 2.75) is 60.8 Å². The molecule has 0 bridgehead atoms. The van der Waals surface area contributed by atoms with Crippen LogP contribution in [0.3, 0.4) is 0 Å². The van der Waals surface area contributed by atoms with Crippen LogP contribution in [0.5, 0.6) is 0 Å². The van der Waals surface area contributed by atoms with Gasteiger partial charge in [0, 0.05) is 0 Å². The van der Waals surface area contributed by atoms with E-state index < -0.39 is 0 Å². The fourth-order valence-corrected chi connectivity index (χ4v) is 0.354. The summed E-state index contributed by atoms with van der Waals surface area (Å²) in [5.74, 6) is 0. The van der Waals surface area contributed by atoms with Crippen LogP contribution in [0.25, 0.3) is 0 Å². The van der Waals surface area contributed by atoms with E-state index in [0.29, 0.717) is 0 Å². The first-order valence-corrected chi connectivity index (χ1v) is 5.66. The van der Waals surface area contributed by atoms with Gasteiger partial charge in [-0.2, -0.15) is 0 Å². The van der Waals surface area contributed by atoms with Gasteiger partial charge in [-0.3, -0.25) is 10.9 Å². The van der Waals surface area contributed by atoms with Gasteiger partial charge < -0.3 is 0 Å². The Hall–Kier alpha value is -0.0800. The van der Waals surface area contributed by atoms with E-state index in [9.17, 15) is 0 Å². The first-order chi connectivity index (χ1) is 6.33. The predicted octanol–water partition coefficient (Wildman–Crippen LogP) is 3.59. The van der Waals surface area contributed by atoms with Crippen molar-refractivity contribution in [3.63, 3.8) is 0 Å². The number of hydrogen-bond acceptors (Lipinski definition) is 2. The van der Waals surface area contributed by atoms with Crippen molar-refractivity contribution in [3.05, 3.63) is 0 Å². The van der Waals surface area contributed by atoms with Crippen LogP contribution in [-0.4, -0.2) is 14.1 Å². The van der Waals surface area contributed by atoms with E-state index in [0.717, 1.165) is 0 Å². The lowest BCUT2D eigenvalue weighted by Crippen LogP contribution is -2.21. The van der Waals surface area contributed by atoms with Gasteiger partial charge in [0.25, 0.3) is 0 Å². The van der Waals surface area contributed by atoms with E-state index in [-0.39, 0.29) is 0 Å². The zero-order valence-corrected chi connectivity index (χ0v) is 11.1. The molecule has 2 heteroatoms. The molecular weight excluding hydrogens is 160 g/mol. The molecule has 0 saturated carbocycles. The molecular formula is C11H32N2. The molecule has 0 aliphatic carbocycles. The van der Waals surface area contributed by atoms with Crippen LogP contribution in [0.4, 0.5) is 0 Å². The zero-order valence-electron chi connectivity index (χ0n) is 11.1. The van der Waals surface area contributed by atoms with Gasteiger partial charge in [-0.1, -0.05) is 60.8 Å². The van der Waals surface area contributed by atoms with E-state index in [1.54, 1.807) is 0 Å². The van der Waals surface area contributed by atoms with Crippen molar-refractivity contribution in [3.8, 4) is 0 Å². The highest BCUT2D eigenvalue weighted by Gasteiger charge is 1.68. The van der Waals surface area contributed by atoms with Gasteiger partial charge in [-0.05, 0) is 14.1 Å². The number of unbranched alkanes of at least 4 members (excludes halogenated alkanes) is 2. The molecule has 86 valence electrons. The second-order valence-corrected chi connectivity index (χ2v) is 1.85. The molecule has 0 aromatic heterocycles. The fourth-order valence-electron chi connectivity index (χ4n) is 0.354. The SMILES string of the molecule is CC.CC.CCCCC.CNNC. The van der Waals surface area contributed by atoms with Gasteiger partial charge in [-0.25, -0.2) is 0 Å². The Balaban J connectivity index is -0.0000000457. The van der Waals surface area contributed by atoms with Gasteiger partial charge >= 0.3 is 0 Å². The Bertz CT molecular complexity index is 27.3. The summed E-state index contributed by atoms with van der Waals surface area (Å²) in [7, 11) is 3.64. The van der Waals surface area contributed by atoms with Crippen LogP contribution in [0.15, 0.2) is 0 Å². The van der Waals surface area contributed by atoms with Crippen LogP contribution < -0.4 is 10.9 Å². The van der Waals surface area contributed by atoms with Gasteiger partial charge in [0.05, 0.1) is 0 Å². The van der Waals surface area contributed by atoms with E-state index in [4.69, 9.17) is 0 Å². The highest BCUT2D eigenvalue weighted by atomic mass is 15.3. The third kappa shape index (κ3) is 138. The van der Waals surface area contributed by atoms with Crippen LogP contribution in [0, 0.1) is 0 Å². The minimum atomic E-state index is 1.34. The summed E-state index contributed by atoms with van der Waals surface area (Å²) in [4.78, 5) is 0. The van der Waals surface area contributed by atoms with Gasteiger partial charge in [0.15, 0.2) is 0 Å². The van der Waals surface area contributed by atoms with Crippen molar-refractivity contribution < 1.29 is 0 Å². The van der Waals surface area contributed by atoms with Crippen LogP contribution in [0.2, 0.25) is 0 Å². The third-order valence-electron chi connectivity index (χ3n) is 0.957. The lowest BCUT2D eigenvalue weighted by molar-refractivity contribution is 0.689. The molecule has 0 aliphatic heterocycles. The summed E-state index contributed by atoms with van der Waals surface area (Å²) in [5.41, 5.74) is 5.36. The summed E-state index contributed by atoms with van der Waals surface area (Å²) in [6.07, 6.45) is 4.08. The van der Waals surface area contributed by atoms with Gasteiger partial charge in [0.1, 0.15) is 0 Å². The number of hydrogen-bond donors (Lipinski definition) is 2. The molecule has 0 heterocycles. The second kappa shape index (κ2) is 58.7. The molecule has 0 aromatic rings. The van der Waals surface area contributed by atoms with Gasteiger partial charge in [0.2, 0.25) is 0 Å². The summed E-state index contributed by atoms with van der Waals surface area (Å²) < 4.78 is 0. The molecule has 0 saturated heterocycles. The molecule has 0 radical (unpaired) electrons. The molecule has 0 fully saturated rings. The monoisotopic (exact) mass is 192 g/mol. The first-order valence-electron chi connectivity index (χ1n) is 5.66. The molecule has 0 rings (SSSR count). The number of nitrogens with one attached hydrogen (secondary N) is 2. The largest absolute Gasteiger partial charge is 0.261 e. The summed E-state index contributed by atoms with van der Waals surface area (Å²) in [5, 5.41) is 0. The van der Waals surface area contributed by atoms with Crippen LogP contribution in [-0.2, 0) is 0 Å². The molecule has 0 amide bonds. The highest BCUT2D eigenvalue weighted by molar-refractivity contribution is 4.24. The van der Waals surface area contributed by atoms with Crippen molar-refractivity contribution in [2.75, 3.05) is 14.1 Å². The van der Waals surface area contributed by atoms with E-state index in [1.807, 2.05) is 41.8 Å². The summed E-state index contributed by atoms with van der Waals surface area (Å²) in [6.45, 7) is 12.4. The maximum absolute atomic E-state index is 2.68. The van der Waals surface area contributed by atoms with Gasteiger partial charge in [-0.15, -0.1) is 0 Å². The van der Waals surface area contributed by atoms with E-state index >= 15 is 0 Å². The Morgan fingerprint density at radius 2 is 0.923 bits per heavy atom. The van der Waals surface area contributed by atoms with Crippen molar-refractivity contribution >= 4 is 0 Å². The molecule has 0 aliphatic rings. The standard InChI is InChI=1S/C5H12.C2H8N2.2C2H6/c1-3-5-4-2;1-3-4-2;2*1-2/h3-5H2,1-2H3;3-4H,1-2H3;2*1-2H3. The molecule has 0 aromatic carbocycles. The Morgan fingerprint density at radius 1 is 0.692 bits per heavy atom. The average Bonchev–Trinajstić information content (AvgIpc) is 2.25. The minimum Gasteiger partial charge on any atom is -0.261 e. The molecule has 2 nitrogen and oxygen atoms in total. The van der Waals surface area contributed by atoms with Crippen molar-refractivity contribution in [1.29, 1.82) is 0 Å². The average molecular weight is 192 g/mol. The van der Waals surface area contributed by atoms with Crippen LogP contribution >= 0.6 is 0 Å². The Kier molecular flexibility index (Phi) is 104. The normalized spacial score (nSPS) is 6.46. The Morgan fingerprint density at radius 3 is 0.923 bits per heavy atom. The number of hydrazine groups is 1. The number of rotatable bonds is 3. The maximum atomic E-state index is 2.68. The minimum absolute atomic E-state index is 1.34. The zero-order chi connectivity index (χ0) is 11.5. The Labute approximate surface area is 86.5 Å². The quantitative estimate of drug-likeness (QED) is 0.668. The van der Waals surface area contributed by atoms with E-state index in [1.165, 1.54) is 19.3 Å². The molecule has 0 atom stereocenters. The smallest absolute Gasteiger partial charge is 0.00150 e. The molecule has 0 unspecified atom stereocenters. The molecule has 2 N–H and O–H groups in total. The predicted molar refractivity (Wildman–Crippen MR) is 66.0 cm³/mol. The maximum Gasteiger partial charge on any atom is -0.00150 e. The second-order valence-electron chi connectivity index (χ2n) is 1.85. The summed E-state index contributed by atoms with van der Waals surface area (Å²) in [6, 6.07) is 0. The molecule has 0 spiro atoms. The molecule has 13 heavy (non-hydrogen) atoms. The topological polar surface area (TPSA) is 24.1 Å². The lowest BCUT2D eigenvalue weighted by atomic mass is 10.3. The van der Waals surface area contributed by atoms with Crippen molar-refractivity contribution in [2.24, 2.45) is 0 Å². The van der Waals surface area contributed by atoms with Crippen molar-refractivity contribution in [1.82, 2.24) is 10.9 Å².